The van der Waals surface area contributed by atoms with E-state index in [-0.39, 0.29) is 13.1 Å². The third-order valence-corrected chi connectivity index (χ3v) is 8.39. The topological polar surface area (TPSA) is 232 Å². The van der Waals surface area contributed by atoms with Crippen LogP contribution in [0.3, 0.4) is 0 Å². The number of hydrogen-bond acceptors (Lipinski definition) is 12. The number of hydrogen-bond donors (Lipinski definition) is 11. The van der Waals surface area contributed by atoms with Crippen molar-refractivity contribution in [3.63, 3.8) is 0 Å². The van der Waals surface area contributed by atoms with Gasteiger partial charge in [0.05, 0.1) is 25.4 Å². The molecule has 12 heteroatoms. The summed E-state index contributed by atoms with van der Waals surface area (Å²) in [6.07, 6.45) is -6.37. The monoisotopic (exact) mass is 652 g/mol. The van der Waals surface area contributed by atoms with Crippen LogP contribution in [0.2, 0.25) is 0 Å². The number of aryl methyl sites for hydroxylation is 2. The molecule has 0 amide bonds. The maximum Gasteiger partial charge on any atom is 0.111 e. The molecule has 0 aromatic heterocycles. The van der Waals surface area contributed by atoms with E-state index in [0.29, 0.717) is 13.0 Å². The Morgan fingerprint density at radius 1 is 0.478 bits per heavy atom. The molecule has 0 radical (unpaired) electrons. The van der Waals surface area contributed by atoms with E-state index in [1.54, 1.807) is 0 Å². The van der Waals surface area contributed by atoms with Crippen molar-refractivity contribution in [2.75, 3.05) is 39.4 Å². The fourth-order valence-corrected chi connectivity index (χ4v) is 5.35. The smallest absolute Gasteiger partial charge is 0.111 e. The van der Waals surface area contributed by atoms with E-state index in [1.807, 2.05) is 0 Å². The Labute approximate surface area is 272 Å². The minimum Gasteiger partial charge on any atom is -0.394 e. The number of aliphatic hydroxyl groups is 10. The Balaban J connectivity index is 1.86. The first-order valence-electron chi connectivity index (χ1n) is 16.3. The average Bonchev–Trinajstić information content (AvgIpc) is 3.08. The summed E-state index contributed by atoms with van der Waals surface area (Å²) in [4.78, 5) is 1.53. The van der Waals surface area contributed by atoms with Crippen LogP contribution in [0.15, 0.2) is 48.5 Å². The molecular formula is C34H56N2O10. The van der Waals surface area contributed by atoms with Gasteiger partial charge in [-0.05, 0) is 73.9 Å². The van der Waals surface area contributed by atoms with Gasteiger partial charge in [0.1, 0.15) is 36.6 Å². The molecule has 12 nitrogen and oxygen atoms in total. The predicted molar refractivity (Wildman–Crippen MR) is 175 cm³/mol. The zero-order chi connectivity index (χ0) is 34.1. The van der Waals surface area contributed by atoms with Crippen molar-refractivity contribution < 1.29 is 51.1 Å². The number of nitrogens with zero attached hydrogens (tertiary/aromatic N) is 1. The van der Waals surface area contributed by atoms with Crippen LogP contribution in [0.5, 0.6) is 0 Å². The van der Waals surface area contributed by atoms with Gasteiger partial charge >= 0.3 is 0 Å². The van der Waals surface area contributed by atoms with Crippen molar-refractivity contribution >= 4 is 0 Å². The van der Waals surface area contributed by atoms with Crippen molar-refractivity contribution in [1.82, 2.24) is 4.90 Å². The minimum atomic E-state index is -1.81. The van der Waals surface area contributed by atoms with Crippen LogP contribution in [0.1, 0.15) is 49.7 Å². The maximum absolute atomic E-state index is 10.5. The summed E-state index contributed by atoms with van der Waals surface area (Å²) in [6, 6.07) is 17.2. The zero-order valence-corrected chi connectivity index (χ0v) is 26.6. The molecule has 2 aromatic carbocycles. The molecule has 0 spiro atoms. The molecule has 262 valence electrons. The van der Waals surface area contributed by atoms with Crippen molar-refractivity contribution in [2.45, 2.75) is 100 Å². The van der Waals surface area contributed by atoms with Crippen LogP contribution >= 0.6 is 0 Å². The van der Waals surface area contributed by atoms with Gasteiger partial charge in [0, 0.05) is 13.1 Å². The number of aliphatic hydroxyl groups excluding tert-OH is 10. The van der Waals surface area contributed by atoms with E-state index >= 15 is 0 Å². The second-order valence-corrected chi connectivity index (χ2v) is 12.2. The Kier molecular flexibility index (Phi) is 19.0. The van der Waals surface area contributed by atoms with Crippen LogP contribution in [0.4, 0.5) is 0 Å². The highest BCUT2D eigenvalue weighted by molar-refractivity contribution is 5.64. The SMILES string of the molecule is NCCCCc1ccc(-c2ccc(CCCCCCN(C[C@H](O)[C@@H](O)[C@H](O)[C@H](O)CO)C[C@H](O)[C@@H](O)[C@H](O)[C@H](O)CO)cc2)cc1. The summed E-state index contributed by atoms with van der Waals surface area (Å²) in [6.45, 7) is -1.12. The largest absolute Gasteiger partial charge is 0.394 e. The van der Waals surface area contributed by atoms with Gasteiger partial charge in [-0.1, -0.05) is 61.4 Å². The summed E-state index contributed by atoms with van der Waals surface area (Å²) in [5.74, 6) is 0. The molecule has 0 aliphatic heterocycles. The fourth-order valence-electron chi connectivity index (χ4n) is 5.35. The lowest BCUT2D eigenvalue weighted by Gasteiger charge is -2.33. The Morgan fingerprint density at radius 2 is 0.848 bits per heavy atom. The lowest BCUT2D eigenvalue weighted by Crippen LogP contribution is -2.53. The summed E-state index contributed by atoms with van der Waals surface area (Å²) >= 11 is 0. The van der Waals surface area contributed by atoms with Gasteiger partial charge in [-0.2, -0.15) is 0 Å². The van der Waals surface area contributed by atoms with Crippen LogP contribution < -0.4 is 5.73 Å². The Hall–Kier alpha value is -2.04. The van der Waals surface area contributed by atoms with Crippen molar-refractivity contribution in [3.05, 3.63) is 59.7 Å². The molecule has 0 saturated carbocycles. The summed E-state index contributed by atoms with van der Waals surface area (Å²) in [5.41, 5.74) is 10.5. The number of rotatable bonds is 24. The molecule has 0 fully saturated rings. The molecular weight excluding hydrogens is 596 g/mol. The normalized spacial score (nSPS) is 17.3. The molecule has 0 heterocycles. The number of unbranched alkanes of at least 4 members (excludes halogenated alkanes) is 4. The zero-order valence-electron chi connectivity index (χ0n) is 26.6. The minimum absolute atomic E-state index is 0.262. The highest BCUT2D eigenvalue weighted by Crippen LogP contribution is 2.22. The van der Waals surface area contributed by atoms with Crippen LogP contribution in [0.25, 0.3) is 11.1 Å². The fraction of sp³-hybridized carbons (Fsp3) is 0.647. The Morgan fingerprint density at radius 3 is 1.24 bits per heavy atom. The standard InChI is InChI=1S/C34H56N2O10/c35-17-5-4-8-24-11-15-26(16-12-24)25-13-9-23(10-14-25)7-3-1-2-6-18-36(19-27(39)31(43)33(45)29(41)21-37)20-28(40)32(44)34(46)30(42)22-38/h9-16,27-34,37-46H,1-8,17-22,35H2/t27-,28-,29+,30+,31+,32+,33+,34+/m0/s1. The first kappa shape index (κ1) is 40.1. The highest BCUT2D eigenvalue weighted by atomic mass is 16.4. The lowest BCUT2D eigenvalue weighted by molar-refractivity contribution is -0.130. The Bertz CT molecular complexity index is 1030. The maximum atomic E-state index is 10.5. The molecule has 8 atom stereocenters. The van der Waals surface area contributed by atoms with E-state index in [4.69, 9.17) is 15.9 Å². The van der Waals surface area contributed by atoms with E-state index in [0.717, 1.165) is 57.1 Å². The summed E-state index contributed by atoms with van der Waals surface area (Å²) < 4.78 is 0. The molecule has 46 heavy (non-hydrogen) atoms. The summed E-state index contributed by atoms with van der Waals surface area (Å²) in [5, 5.41) is 98.7. The van der Waals surface area contributed by atoms with E-state index < -0.39 is 62.0 Å². The molecule has 12 N–H and O–H groups in total. The molecule has 0 bridgehead atoms. The predicted octanol–water partition coefficient (Wildman–Crippen LogP) is -1.09. The van der Waals surface area contributed by atoms with E-state index in [1.165, 1.54) is 21.6 Å². The average molecular weight is 653 g/mol. The van der Waals surface area contributed by atoms with Crippen LogP contribution in [-0.2, 0) is 12.8 Å². The first-order valence-corrected chi connectivity index (χ1v) is 16.3. The number of nitrogens with two attached hydrogens (primary N) is 1. The molecule has 0 saturated heterocycles. The van der Waals surface area contributed by atoms with Gasteiger partial charge in [-0.25, -0.2) is 0 Å². The van der Waals surface area contributed by atoms with Crippen molar-refractivity contribution in [2.24, 2.45) is 5.73 Å². The molecule has 2 rings (SSSR count). The van der Waals surface area contributed by atoms with Gasteiger partial charge in [-0.15, -0.1) is 0 Å². The number of benzene rings is 2. The van der Waals surface area contributed by atoms with Gasteiger partial charge in [-0.3, -0.25) is 4.90 Å². The molecule has 0 aliphatic carbocycles. The third kappa shape index (κ3) is 13.6. The van der Waals surface area contributed by atoms with Crippen LogP contribution in [-0.4, -0.2) is 144 Å². The highest BCUT2D eigenvalue weighted by Gasteiger charge is 2.34. The second kappa shape index (κ2) is 21.8. The molecule has 0 aliphatic rings. The third-order valence-electron chi connectivity index (χ3n) is 8.39. The van der Waals surface area contributed by atoms with E-state index in [2.05, 4.69) is 48.5 Å². The lowest BCUT2D eigenvalue weighted by atomic mass is 9.99. The first-order chi connectivity index (χ1) is 22.0. The van der Waals surface area contributed by atoms with E-state index in [9.17, 15) is 40.9 Å². The van der Waals surface area contributed by atoms with Gasteiger partial charge in [0.15, 0.2) is 0 Å². The second-order valence-electron chi connectivity index (χ2n) is 12.2. The quantitative estimate of drug-likeness (QED) is 0.0608. The van der Waals surface area contributed by atoms with Crippen LogP contribution in [0, 0.1) is 0 Å². The summed E-state index contributed by atoms with van der Waals surface area (Å²) in [7, 11) is 0. The van der Waals surface area contributed by atoms with Crippen molar-refractivity contribution in [3.8, 4) is 11.1 Å². The van der Waals surface area contributed by atoms with Gasteiger partial charge in [0.25, 0.3) is 0 Å². The van der Waals surface area contributed by atoms with Crippen molar-refractivity contribution in [1.29, 1.82) is 0 Å². The van der Waals surface area contributed by atoms with Gasteiger partial charge in [0.2, 0.25) is 0 Å². The molecule has 2 aromatic rings. The van der Waals surface area contributed by atoms with Gasteiger partial charge < -0.3 is 56.8 Å². The molecule has 0 unspecified atom stereocenters.